The molecule has 1 aliphatic rings. The van der Waals surface area contributed by atoms with E-state index < -0.39 is 0 Å². The predicted octanol–water partition coefficient (Wildman–Crippen LogP) is 2.96. The molecule has 0 saturated heterocycles. The Bertz CT molecular complexity index is 663. The highest BCUT2D eigenvalue weighted by Gasteiger charge is 2.26. The van der Waals surface area contributed by atoms with Crippen molar-refractivity contribution in [2.45, 2.75) is 51.6 Å². The zero-order valence-corrected chi connectivity index (χ0v) is 12.6. The van der Waals surface area contributed by atoms with E-state index in [0.717, 1.165) is 30.6 Å². The molecule has 1 aliphatic carbocycles. The summed E-state index contributed by atoms with van der Waals surface area (Å²) in [5.74, 6) is 0.453. The molecule has 0 unspecified atom stereocenters. The number of rotatable bonds is 4. The fourth-order valence-electron chi connectivity index (χ4n) is 3.51. The highest BCUT2D eigenvalue weighted by molar-refractivity contribution is 5.44. The summed E-state index contributed by atoms with van der Waals surface area (Å²) in [6, 6.07) is 10.1. The first-order valence-corrected chi connectivity index (χ1v) is 7.85. The van der Waals surface area contributed by atoms with Crippen molar-refractivity contribution >= 4 is 5.69 Å². The monoisotopic (exact) mass is 285 g/mol. The maximum atomic E-state index is 12.5. The maximum Gasteiger partial charge on any atom is 0.290 e. The molecule has 21 heavy (non-hydrogen) atoms. The van der Waals surface area contributed by atoms with Crippen LogP contribution < -0.4 is 11.3 Å². The van der Waals surface area contributed by atoms with Gasteiger partial charge in [-0.3, -0.25) is 9.48 Å². The van der Waals surface area contributed by atoms with E-state index in [1.165, 1.54) is 12.8 Å². The van der Waals surface area contributed by atoms with E-state index >= 15 is 0 Å². The third-order valence-corrected chi connectivity index (χ3v) is 4.53. The van der Waals surface area contributed by atoms with Gasteiger partial charge >= 0.3 is 0 Å². The minimum Gasteiger partial charge on any atom is -0.393 e. The van der Waals surface area contributed by atoms with Crippen molar-refractivity contribution in [3.8, 4) is 0 Å². The van der Waals surface area contributed by atoms with Crippen LogP contribution in [0.5, 0.6) is 0 Å². The van der Waals surface area contributed by atoms with Crippen molar-refractivity contribution in [1.29, 1.82) is 0 Å². The number of hydrogen-bond donors (Lipinski definition) is 1. The predicted molar refractivity (Wildman–Crippen MR) is 85.5 cm³/mol. The molecule has 4 nitrogen and oxygen atoms in total. The summed E-state index contributed by atoms with van der Waals surface area (Å²) >= 11 is 0. The van der Waals surface area contributed by atoms with Crippen LogP contribution in [0.25, 0.3) is 0 Å². The molecule has 112 valence electrons. The lowest BCUT2D eigenvalue weighted by atomic mass is 10.0. The van der Waals surface area contributed by atoms with Gasteiger partial charge in [0.2, 0.25) is 0 Å². The minimum atomic E-state index is -0.0393. The minimum absolute atomic E-state index is 0.0393. The lowest BCUT2D eigenvalue weighted by Crippen LogP contribution is -2.24. The van der Waals surface area contributed by atoms with Crippen LogP contribution in [-0.2, 0) is 13.1 Å². The molecule has 4 heteroatoms. The van der Waals surface area contributed by atoms with Crippen molar-refractivity contribution in [2.24, 2.45) is 0 Å². The van der Waals surface area contributed by atoms with E-state index in [-0.39, 0.29) is 5.56 Å². The van der Waals surface area contributed by atoms with Gasteiger partial charge in [0.1, 0.15) is 5.69 Å². The van der Waals surface area contributed by atoms with Crippen LogP contribution in [0.15, 0.2) is 35.1 Å². The van der Waals surface area contributed by atoms with Gasteiger partial charge in [-0.1, -0.05) is 43.2 Å². The molecule has 0 amide bonds. The molecule has 2 aromatic rings. The van der Waals surface area contributed by atoms with Gasteiger partial charge in [0.15, 0.2) is 0 Å². The Morgan fingerprint density at radius 1 is 1.14 bits per heavy atom. The van der Waals surface area contributed by atoms with Gasteiger partial charge < -0.3 is 5.73 Å². The van der Waals surface area contributed by atoms with Crippen LogP contribution in [0.3, 0.4) is 0 Å². The number of benzene rings is 1. The first-order valence-electron chi connectivity index (χ1n) is 7.85. The summed E-state index contributed by atoms with van der Waals surface area (Å²) in [5.41, 5.74) is 8.77. The third kappa shape index (κ3) is 2.50. The van der Waals surface area contributed by atoms with Crippen LogP contribution in [0.2, 0.25) is 0 Å². The molecular formula is C17H23N3O. The average molecular weight is 285 g/mol. The van der Waals surface area contributed by atoms with Gasteiger partial charge in [0, 0.05) is 12.5 Å². The molecule has 1 saturated carbocycles. The lowest BCUT2D eigenvalue weighted by molar-refractivity contribution is 0.456. The molecule has 1 aromatic heterocycles. The number of aromatic nitrogens is 2. The molecule has 0 bridgehead atoms. The molecule has 0 aliphatic heterocycles. The Kier molecular flexibility index (Phi) is 3.86. The largest absolute Gasteiger partial charge is 0.393 e. The Morgan fingerprint density at radius 2 is 1.81 bits per heavy atom. The van der Waals surface area contributed by atoms with E-state index in [9.17, 15) is 4.79 Å². The van der Waals surface area contributed by atoms with Gasteiger partial charge in [-0.25, -0.2) is 4.68 Å². The molecule has 1 aromatic carbocycles. The summed E-state index contributed by atoms with van der Waals surface area (Å²) in [6.07, 6.45) is 4.79. The molecule has 1 heterocycles. The Balaban J connectivity index is 2.04. The molecule has 1 fully saturated rings. The molecule has 0 atom stereocenters. The Hall–Kier alpha value is -1.97. The Morgan fingerprint density at radius 3 is 2.43 bits per heavy atom. The maximum absolute atomic E-state index is 12.5. The number of anilines is 1. The highest BCUT2D eigenvalue weighted by atomic mass is 16.1. The number of nitrogen functional groups attached to an aromatic ring is 1. The van der Waals surface area contributed by atoms with Crippen LogP contribution in [0.4, 0.5) is 5.69 Å². The van der Waals surface area contributed by atoms with Crippen molar-refractivity contribution < 1.29 is 0 Å². The van der Waals surface area contributed by atoms with Crippen LogP contribution in [-0.4, -0.2) is 9.36 Å². The average Bonchev–Trinajstić information content (AvgIpc) is 3.10. The smallest absolute Gasteiger partial charge is 0.290 e. The summed E-state index contributed by atoms with van der Waals surface area (Å²) in [5, 5.41) is 0. The number of nitrogens with zero attached hydrogens (tertiary/aromatic N) is 2. The zero-order chi connectivity index (χ0) is 14.8. The molecule has 0 radical (unpaired) electrons. The van der Waals surface area contributed by atoms with Gasteiger partial charge in [0.25, 0.3) is 5.56 Å². The lowest BCUT2D eigenvalue weighted by Gasteiger charge is -2.16. The second-order valence-corrected chi connectivity index (χ2v) is 5.84. The van der Waals surface area contributed by atoms with E-state index in [1.807, 2.05) is 30.3 Å². The van der Waals surface area contributed by atoms with Crippen molar-refractivity contribution in [3.63, 3.8) is 0 Å². The van der Waals surface area contributed by atoms with Crippen molar-refractivity contribution in [3.05, 3.63) is 51.9 Å². The summed E-state index contributed by atoms with van der Waals surface area (Å²) in [6.45, 7) is 3.45. The van der Waals surface area contributed by atoms with Crippen LogP contribution in [0, 0.1) is 0 Å². The summed E-state index contributed by atoms with van der Waals surface area (Å²) < 4.78 is 3.90. The highest BCUT2D eigenvalue weighted by Crippen LogP contribution is 2.36. The first kappa shape index (κ1) is 14.0. The van der Waals surface area contributed by atoms with Crippen LogP contribution >= 0.6 is 0 Å². The van der Waals surface area contributed by atoms with E-state index in [2.05, 4.69) is 11.6 Å². The normalized spacial score (nSPS) is 15.7. The van der Waals surface area contributed by atoms with Gasteiger partial charge in [-0.2, -0.15) is 0 Å². The van der Waals surface area contributed by atoms with E-state index in [4.69, 9.17) is 5.73 Å². The van der Waals surface area contributed by atoms with Crippen molar-refractivity contribution in [1.82, 2.24) is 9.36 Å². The second kappa shape index (κ2) is 5.80. The molecule has 0 spiro atoms. The fraction of sp³-hybridized carbons (Fsp3) is 0.471. The first-order chi connectivity index (χ1) is 10.2. The number of nitrogens with two attached hydrogens (primary N) is 1. The van der Waals surface area contributed by atoms with E-state index in [1.54, 1.807) is 4.68 Å². The topological polar surface area (TPSA) is 52.9 Å². The van der Waals surface area contributed by atoms with Crippen molar-refractivity contribution in [2.75, 3.05) is 5.73 Å². The molecular weight excluding hydrogens is 262 g/mol. The van der Waals surface area contributed by atoms with Gasteiger partial charge in [0.05, 0.1) is 12.2 Å². The third-order valence-electron chi connectivity index (χ3n) is 4.53. The van der Waals surface area contributed by atoms with Crippen LogP contribution in [0.1, 0.15) is 49.8 Å². The molecule has 2 N–H and O–H groups in total. The zero-order valence-electron chi connectivity index (χ0n) is 12.6. The summed E-state index contributed by atoms with van der Waals surface area (Å²) in [7, 11) is 0. The number of hydrogen-bond acceptors (Lipinski definition) is 2. The van der Waals surface area contributed by atoms with Gasteiger partial charge in [-0.05, 0) is 25.3 Å². The Labute approximate surface area is 125 Å². The standard InChI is InChI=1S/C17H23N3O/c1-2-19-16(14-10-6-7-11-14)15(18)17(21)20(19)12-13-8-4-3-5-9-13/h3-5,8-9,14H,2,6-7,10-12,18H2,1H3. The quantitative estimate of drug-likeness (QED) is 0.939. The molecule has 3 rings (SSSR count). The SMILES string of the molecule is CCn1c(C2CCCC2)c(N)c(=O)n1Cc1ccccc1. The van der Waals surface area contributed by atoms with Gasteiger partial charge in [-0.15, -0.1) is 0 Å². The van der Waals surface area contributed by atoms with E-state index in [0.29, 0.717) is 18.2 Å². The summed E-state index contributed by atoms with van der Waals surface area (Å²) in [4.78, 5) is 12.5. The second-order valence-electron chi connectivity index (χ2n) is 5.84. The fourth-order valence-corrected chi connectivity index (χ4v) is 3.51.